The fourth-order valence-electron chi connectivity index (χ4n) is 1.61. The van der Waals surface area contributed by atoms with Crippen molar-refractivity contribution in [3.63, 3.8) is 0 Å². The van der Waals surface area contributed by atoms with Crippen molar-refractivity contribution in [3.8, 4) is 5.75 Å². The van der Waals surface area contributed by atoms with E-state index in [1.165, 1.54) is 6.07 Å². The van der Waals surface area contributed by atoms with E-state index in [2.05, 4.69) is 15.9 Å². The summed E-state index contributed by atoms with van der Waals surface area (Å²) in [6.07, 6.45) is 0.161. The van der Waals surface area contributed by atoms with E-state index >= 15 is 0 Å². The summed E-state index contributed by atoms with van der Waals surface area (Å²) in [6.45, 7) is 5.14. The van der Waals surface area contributed by atoms with Crippen molar-refractivity contribution in [3.05, 3.63) is 32.8 Å². The number of halogens is 1. The predicted octanol–water partition coefficient (Wildman–Crippen LogP) is 3.53. The van der Waals surface area contributed by atoms with Gasteiger partial charge in [0.15, 0.2) is 12.0 Å². The van der Waals surface area contributed by atoms with Crippen molar-refractivity contribution in [2.24, 2.45) is 0 Å². The Hall–Kier alpha value is -1.18. The van der Waals surface area contributed by atoms with Crippen LogP contribution in [-0.2, 0) is 9.47 Å². The molecule has 0 saturated heterocycles. The molecule has 0 fully saturated rings. The molecule has 0 saturated carbocycles. The van der Waals surface area contributed by atoms with Gasteiger partial charge in [0.05, 0.1) is 11.5 Å². The minimum atomic E-state index is -0.470. The van der Waals surface area contributed by atoms with Crippen LogP contribution in [0.4, 0.5) is 5.69 Å². The number of rotatable bonds is 9. The smallest absolute Gasteiger partial charge is 0.312 e. The number of nitro benzene ring substituents is 1. The van der Waals surface area contributed by atoms with Gasteiger partial charge in [-0.05, 0) is 26.0 Å². The number of hydrogen-bond acceptors (Lipinski definition) is 5. The Kier molecular flexibility index (Phi) is 7.50. The Bertz CT molecular complexity index is 435. The first-order chi connectivity index (χ1) is 9.58. The molecule has 112 valence electrons. The Morgan fingerprint density at radius 2 is 1.95 bits per heavy atom. The molecular weight excluding hydrogens is 330 g/mol. The summed E-state index contributed by atoms with van der Waals surface area (Å²) in [4.78, 5) is 10.5. The lowest BCUT2D eigenvalue weighted by Crippen LogP contribution is -2.20. The van der Waals surface area contributed by atoms with Gasteiger partial charge in [-0.2, -0.15) is 0 Å². The van der Waals surface area contributed by atoms with Gasteiger partial charge in [0.1, 0.15) is 0 Å². The molecule has 0 aromatic heterocycles. The van der Waals surface area contributed by atoms with Gasteiger partial charge in [0.25, 0.3) is 0 Å². The monoisotopic (exact) mass is 347 g/mol. The van der Waals surface area contributed by atoms with E-state index in [9.17, 15) is 10.1 Å². The Morgan fingerprint density at radius 3 is 2.50 bits per heavy atom. The second-order valence-corrected chi connectivity index (χ2v) is 4.76. The highest BCUT2D eigenvalue weighted by atomic mass is 79.9. The number of nitrogens with zero attached hydrogens (tertiary/aromatic N) is 1. The minimum absolute atomic E-state index is 0.0660. The van der Waals surface area contributed by atoms with Gasteiger partial charge in [0.2, 0.25) is 0 Å². The first-order valence-electron chi connectivity index (χ1n) is 6.38. The fourth-order valence-corrected chi connectivity index (χ4v) is 1.96. The molecule has 0 radical (unpaired) electrons. The number of nitro groups is 1. The second-order valence-electron chi connectivity index (χ2n) is 3.85. The van der Waals surface area contributed by atoms with Crippen LogP contribution in [0.15, 0.2) is 22.7 Å². The van der Waals surface area contributed by atoms with Crippen molar-refractivity contribution < 1.29 is 19.1 Å². The summed E-state index contributed by atoms with van der Waals surface area (Å²) in [5.41, 5.74) is -0.0660. The van der Waals surface area contributed by atoms with E-state index in [4.69, 9.17) is 14.2 Å². The first kappa shape index (κ1) is 16.9. The van der Waals surface area contributed by atoms with Crippen LogP contribution in [0, 0.1) is 10.1 Å². The fraction of sp³-hybridized carbons (Fsp3) is 0.538. The van der Waals surface area contributed by atoms with E-state index in [0.29, 0.717) is 24.1 Å². The summed E-state index contributed by atoms with van der Waals surface area (Å²) in [5.74, 6) is 0.241. The molecule has 6 nitrogen and oxygen atoms in total. The molecule has 1 rings (SSSR count). The van der Waals surface area contributed by atoms with Gasteiger partial charge < -0.3 is 14.2 Å². The third kappa shape index (κ3) is 5.44. The highest BCUT2D eigenvalue weighted by molar-refractivity contribution is 9.10. The molecule has 0 aliphatic carbocycles. The van der Waals surface area contributed by atoms with E-state index in [1.54, 1.807) is 12.1 Å². The summed E-state index contributed by atoms with van der Waals surface area (Å²) >= 11 is 3.20. The van der Waals surface area contributed by atoms with E-state index in [-0.39, 0.29) is 24.3 Å². The maximum Gasteiger partial charge on any atom is 0.312 e. The highest BCUT2D eigenvalue weighted by Crippen LogP contribution is 2.30. The zero-order chi connectivity index (χ0) is 15.0. The normalized spacial score (nSPS) is 10.8. The van der Waals surface area contributed by atoms with Gasteiger partial charge in [-0.3, -0.25) is 10.1 Å². The largest absolute Gasteiger partial charge is 0.487 e. The molecule has 0 aliphatic rings. The van der Waals surface area contributed by atoms with Crippen LogP contribution in [0.1, 0.15) is 20.3 Å². The molecule has 0 aliphatic heterocycles. The molecule has 1 aromatic carbocycles. The molecule has 1 aromatic rings. The molecule has 0 heterocycles. The van der Waals surface area contributed by atoms with E-state index in [0.717, 1.165) is 0 Å². The minimum Gasteiger partial charge on any atom is -0.487 e. The SMILES string of the molecule is CCOC(CCOc1ccc(Br)cc1[N+](=O)[O-])OCC. The molecule has 0 atom stereocenters. The maximum absolute atomic E-state index is 10.9. The lowest BCUT2D eigenvalue weighted by Gasteiger charge is -2.17. The lowest BCUT2D eigenvalue weighted by molar-refractivity contribution is -0.386. The quantitative estimate of drug-likeness (QED) is 0.388. The number of ether oxygens (including phenoxy) is 3. The van der Waals surface area contributed by atoms with Crippen LogP contribution >= 0.6 is 15.9 Å². The maximum atomic E-state index is 10.9. The third-order valence-electron chi connectivity index (χ3n) is 2.43. The molecule has 0 spiro atoms. The molecular formula is C13H18BrNO5. The Labute approximate surface area is 126 Å². The summed E-state index contributed by atoms with van der Waals surface area (Å²) in [6, 6.07) is 4.68. The van der Waals surface area contributed by atoms with Crippen molar-refractivity contribution in [2.45, 2.75) is 26.6 Å². The summed E-state index contributed by atoms with van der Waals surface area (Å²) in [5, 5.41) is 10.9. The summed E-state index contributed by atoms with van der Waals surface area (Å²) < 4.78 is 16.8. The highest BCUT2D eigenvalue weighted by Gasteiger charge is 2.16. The molecule has 20 heavy (non-hydrogen) atoms. The van der Waals surface area contributed by atoms with Gasteiger partial charge in [-0.1, -0.05) is 15.9 Å². The van der Waals surface area contributed by atoms with Crippen molar-refractivity contribution in [1.82, 2.24) is 0 Å². The number of benzene rings is 1. The molecule has 0 amide bonds. The molecule has 0 N–H and O–H groups in total. The van der Waals surface area contributed by atoms with Gasteiger partial charge in [-0.25, -0.2) is 0 Å². The predicted molar refractivity (Wildman–Crippen MR) is 77.9 cm³/mol. The first-order valence-corrected chi connectivity index (χ1v) is 7.17. The number of hydrogen-bond donors (Lipinski definition) is 0. The third-order valence-corrected chi connectivity index (χ3v) is 2.93. The Morgan fingerprint density at radius 1 is 1.30 bits per heavy atom. The van der Waals surface area contributed by atoms with Gasteiger partial charge in [0, 0.05) is 30.2 Å². The average molecular weight is 348 g/mol. The van der Waals surface area contributed by atoms with Crippen LogP contribution in [0.25, 0.3) is 0 Å². The van der Waals surface area contributed by atoms with Gasteiger partial charge in [-0.15, -0.1) is 0 Å². The zero-order valence-corrected chi connectivity index (χ0v) is 13.1. The van der Waals surface area contributed by atoms with Crippen LogP contribution < -0.4 is 4.74 Å². The van der Waals surface area contributed by atoms with Crippen LogP contribution in [0.2, 0.25) is 0 Å². The molecule has 7 heteroatoms. The zero-order valence-electron chi connectivity index (χ0n) is 11.5. The van der Waals surface area contributed by atoms with Crippen molar-refractivity contribution in [1.29, 1.82) is 0 Å². The second kappa shape index (κ2) is 8.89. The van der Waals surface area contributed by atoms with Crippen LogP contribution in [0.5, 0.6) is 5.75 Å². The van der Waals surface area contributed by atoms with Gasteiger partial charge >= 0.3 is 5.69 Å². The molecule has 0 bridgehead atoms. The van der Waals surface area contributed by atoms with Crippen molar-refractivity contribution in [2.75, 3.05) is 19.8 Å². The lowest BCUT2D eigenvalue weighted by atomic mass is 10.3. The topological polar surface area (TPSA) is 70.8 Å². The van der Waals surface area contributed by atoms with Crippen LogP contribution in [-0.4, -0.2) is 31.0 Å². The van der Waals surface area contributed by atoms with Crippen LogP contribution in [0.3, 0.4) is 0 Å². The average Bonchev–Trinajstić information content (AvgIpc) is 2.40. The van der Waals surface area contributed by atoms with Crippen molar-refractivity contribution >= 4 is 21.6 Å². The molecule has 0 unspecified atom stereocenters. The standard InChI is InChI=1S/C13H18BrNO5/c1-3-18-13(19-4-2)7-8-20-12-6-5-10(14)9-11(12)15(16)17/h5-6,9,13H,3-4,7-8H2,1-2H3. The Balaban J connectivity index is 2.58. The van der Waals surface area contributed by atoms with E-state index < -0.39 is 4.92 Å². The summed E-state index contributed by atoms with van der Waals surface area (Å²) in [7, 11) is 0. The van der Waals surface area contributed by atoms with E-state index in [1.807, 2.05) is 13.8 Å².